The fourth-order valence-electron chi connectivity index (χ4n) is 2.83. The molecule has 0 radical (unpaired) electrons. The molecule has 0 aliphatic heterocycles. The minimum atomic E-state index is -0.0997. The number of hydrogen-bond donors (Lipinski definition) is 0. The summed E-state index contributed by atoms with van der Waals surface area (Å²) >= 11 is -0.199. The first-order chi connectivity index (χ1) is 13.1. The SMILES string of the molecule is CC(C)(C)c1ccc([I-]c2ccc([I-]c3ccc(C(C)(C)C)cc3)cc2)cc1. The van der Waals surface area contributed by atoms with Gasteiger partial charge in [0.2, 0.25) is 0 Å². The number of rotatable bonds is 4. The van der Waals surface area contributed by atoms with Gasteiger partial charge in [0.05, 0.1) is 0 Å². The second-order valence-corrected chi connectivity index (χ2v) is 15.2. The number of benzene rings is 3. The summed E-state index contributed by atoms with van der Waals surface area (Å²) in [5.41, 5.74) is 3.29. The molecular weight excluding hydrogens is 566 g/mol. The first kappa shape index (κ1) is 21.8. The van der Waals surface area contributed by atoms with Crippen LogP contribution in [0.2, 0.25) is 0 Å². The second-order valence-electron chi connectivity index (χ2n) is 9.14. The summed E-state index contributed by atoms with van der Waals surface area (Å²) in [6, 6.07) is 27.9. The Morgan fingerprint density at radius 3 is 0.821 bits per heavy atom. The Bertz CT molecular complexity index is 813. The predicted molar refractivity (Wildman–Crippen MR) is 112 cm³/mol. The molecule has 0 fully saturated rings. The van der Waals surface area contributed by atoms with Gasteiger partial charge in [-0.25, -0.2) is 0 Å². The zero-order valence-corrected chi connectivity index (χ0v) is 22.0. The van der Waals surface area contributed by atoms with Crippen LogP contribution in [0.5, 0.6) is 0 Å². The molecule has 0 aliphatic rings. The zero-order chi connectivity index (χ0) is 20.4. The molecule has 2 heteroatoms. The molecule has 0 aromatic heterocycles. The molecule has 28 heavy (non-hydrogen) atoms. The van der Waals surface area contributed by atoms with Gasteiger partial charge >= 0.3 is 193 Å². The van der Waals surface area contributed by atoms with Crippen molar-refractivity contribution in [3.8, 4) is 0 Å². The monoisotopic (exact) mass is 596 g/mol. The van der Waals surface area contributed by atoms with Crippen LogP contribution in [0.15, 0.2) is 72.8 Å². The molecule has 3 aromatic carbocycles. The molecule has 0 amide bonds. The summed E-state index contributed by atoms with van der Waals surface area (Å²) in [7, 11) is 0. The summed E-state index contributed by atoms with van der Waals surface area (Å²) in [4.78, 5) is 0. The average molecular weight is 596 g/mol. The van der Waals surface area contributed by atoms with Crippen LogP contribution in [-0.2, 0) is 10.8 Å². The zero-order valence-electron chi connectivity index (χ0n) is 17.7. The molecule has 0 saturated carbocycles. The maximum atomic E-state index is 2.35. The van der Waals surface area contributed by atoms with Crippen LogP contribution in [0.25, 0.3) is 0 Å². The quantitative estimate of drug-likeness (QED) is 0.387. The Hall–Kier alpha value is -0.880. The second kappa shape index (κ2) is 8.86. The van der Waals surface area contributed by atoms with Gasteiger partial charge in [-0.2, -0.15) is 0 Å². The normalized spacial score (nSPS) is 12.5. The van der Waals surface area contributed by atoms with Crippen LogP contribution < -0.4 is 42.4 Å². The molecule has 150 valence electrons. The fraction of sp³-hybridized carbons (Fsp3) is 0.308. The van der Waals surface area contributed by atoms with E-state index in [9.17, 15) is 0 Å². The molecule has 0 N–H and O–H groups in total. The van der Waals surface area contributed by atoms with Gasteiger partial charge in [-0.05, 0) is 0 Å². The van der Waals surface area contributed by atoms with Crippen molar-refractivity contribution in [3.05, 3.63) is 98.2 Å². The molecule has 3 rings (SSSR count). The van der Waals surface area contributed by atoms with E-state index in [0.717, 1.165) is 0 Å². The van der Waals surface area contributed by atoms with Gasteiger partial charge in [-0.15, -0.1) is 0 Å². The van der Waals surface area contributed by atoms with Crippen molar-refractivity contribution in [1.29, 1.82) is 0 Å². The van der Waals surface area contributed by atoms with Gasteiger partial charge in [-0.3, -0.25) is 0 Å². The standard InChI is InChI=1S/C26H30I2/c1-25(2,3)19-7-11-21(12-8-19)27-23-15-17-24(18-16-23)28-22-13-9-20(10-14-22)26(4,5)6/h7-18H,1-6H3/q-2. The third kappa shape index (κ3) is 6.06. The minimum absolute atomic E-state index is 0.0997. The molecule has 0 bridgehead atoms. The maximum absolute atomic E-state index is 2.35. The Kier molecular flexibility index (Phi) is 6.91. The summed E-state index contributed by atoms with van der Waals surface area (Å²) in [5, 5.41) is 0. The van der Waals surface area contributed by atoms with Crippen LogP contribution in [0.3, 0.4) is 0 Å². The van der Waals surface area contributed by atoms with Crippen molar-refractivity contribution in [3.63, 3.8) is 0 Å². The van der Waals surface area contributed by atoms with E-state index >= 15 is 0 Å². The molecule has 0 nitrogen and oxygen atoms in total. The van der Waals surface area contributed by atoms with E-state index in [2.05, 4.69) is 114 Å². The third-order valence-electron chi connectivity index (χ3n) is 4.66. The Morgan fingerprint density at radius 2 is 0.607 bits per heavy atom. The van der Waals surface area contributed by atoms with E-state index in [1.54, 1.807) is 0 Å². The first-order valence-corrected chi connectivity index (χ1v) is 14.0. The van der Waals surface area contributed by atoms with E-state index < -0.39 is 0 Å². The van der Waals surface area contributed by atoms with E-state index in [0.29, 0.717) is 0 Å². The molecule has 0 aliphatic carbocycles. The fourth-order valence-corrected chi connectivity index (χ4v) is 7.15. The van der Waals surface area contributed by atoms with Crippen molar-refractivity contribution in [2.45, 2.75) is 52.4 Å². The van der Waals surface area contributed by atoms with Crippen LogP contribution in [-0.4, -0.2) is 0 Å². The number of hydrogen-bond acceptors (Lipinski definition) is 0. The van der Waals surface area contributed by atoms with Gasteiger partial charge in [0.1, 0.15) is 0 Å². The molecular formula is C26H30I2-2. The van der Waals surface area contributed by atoms with E-state index in [1.165, 1.54) is 25.4 Å². The van der Waals surface area contributed by atoms with Crippen LogP contribution in [0, 0.1) is 14.3 Å². The van der Waals surface area contributed by atoms with Crippen molar-refractivity contribution in [1.82, 2.24) is 0 Å². The molecule has 3 aromatic rings. The van der Waals surface area contributed by atoms with Crippen LogP contribution in [0.4, 0.5) is 0 Å². The molecule has 0 atom stereocenters. The van der Waals surface area contributed by atoms with E-state index in [1.807, 2.05) is 0 Å². The van der Waals surface area contributed by atoms with Crippen molar-refractivity contribution >= 4 is 0 Å². The van der Waals surface area contributed by atoms with Crippen molar-refractivity contribution in [2.75, 3.05) is 0 Å². The Morgan fingerprint density at radius 1 is 0.393 bits per heavy atom. The Balaban J connectivity index is 1.63. The predicted octanol–water partition coefficient (Wildman–Crippen LogP) is 0.538. The first-order valence-electron chi connectivity index (χ1n) is 9.72. The van der Waals surface area contributed by atoms with Gasteiger partial charge in [0.15, 0.2) is 0 Å². The Labute approximate surface area is 191 Å². The summed E-state index contributed by atoms with van der Waals surface area (Å²) in [6.45, 7) is 13.6. The van der Waals surface area contributed by atoms with Gasteiger partial charge < -0.3 is 0 Å². The van der Waals surface area contributed by atoms with Gasteiger partial charge in [-0.1, -0.05) is 0 Å². The summed E-state index contributed by atoms with van der Waals surface area (Å²) in [6.07, 6.45) is 0. The number of halogens is 2. The molecule has 0 spiro atoms. The third-order valence-corrected chi connectivity index (χ3v) is 10.0. The molecule has 0 saturated heterocycles. The van der Waals surface area contributed by atoms with Gasteiger partial charge in [0, 0.05) is 0 Å². The molecule has 0 unspecified atom stereocenters. The summed E-state index contributed by atoms with van der Waals surface area (Å²) in [5.74, 6) is 0. The van der Waals surface area contributed by atoms with E-state index in [4.69, 9.17) is 0 Å². The average Bonchev–Trinajstić information content (AvgIpc) is 2.63. The molecule has 0 heterocycles. The summed E-state index contributed by atoms with van der Waals surface area (Å²) < 4.78 is 5.98. The van der Waals surface area contributed by atoms with Crippen molar-refractivity contribution in [2.24, 2.45) is 0 Å². The van der Waals surface area contributed by atoms with Gasteiger partial charge in [0.25, 0.3) is 0 Å². The van der Waals surface area contributed by atoms with E-state index in [-0.39, 0.29) is 53.2 Å². The van der Waals surface area contributed by atoms with Crippen LogP contribution >= 0.6 is 0 Å². The van der Waals surface area contributed by atoms with Crippen LogP contribution in [0.1, 0.15) is 52.7 Å². The van der Waals surface area contributed by atoms with Crippen molar-refractivity contribution < 1.29 is 42.4 Å². The topological polar surface area (TPSA) is 0 Å².